The van der Waals surface area contributed by atoms with Crippen LogP contribution in [0, 0.1) is 5.95 Å². The maximum atomic E-state index is 13.6. The fourth-order valence-electron chi connectivity index (χ4n) is 1.59. The van der Waals surface area contributed by atoms with Gasteiger partial charge in [0.15, 0.2) is 6.29 Å². The summed E-state index contributed by atoms with van der Waals surface area (Å²) >= 11 is 0. The van der Waals surface area contributed by atoms with Crippen molar-refractivity contribution in [3.8, 4) is 16.9 Å². The highest BCUT2D eigenvalue weighted by Crippen LogP contribution is 2.29. The van der Waals surface area contributed by atoms with E-state index in [0.717, 1.165) is 18.3 Å². The van der Waals surface area contributed by atoms with Crippen molar-refractivity contribution in [1.29, 1.82) is 0 Å². The molecule has 7 heteroatoms. The van der Waals surface area contributed by atoms with Gasteiger partial charge in [0.25, 0.3) is 0 Å². The number of nitrogens with zero attached hydrogens (tertiary/aromatic N) is 1. The first kappa shape index (κ1) is 14.0. The first-order valence-electron chi connectivity index (χ1n) is 5.36. The molecule has 0 radical (unpaired) electrons. The number of alkyl halides is 3. The lowest BCUT2D eigenvalue weighted by atomic mass is 10.1. The highest BCUT2D eigenvalue weighted by molar-refractivity contribution is 5.78. The van der Waals surface area contributed by atoms with Crippen LogP contribution in [0.3, 0.4) is 0 Å². The normalized spacial score (nSPS) is 11.2. The fourth-order valence-corrected chi connectivity index (χ4v) is 1.59. The van der Waals surface area contributed by atoms with Crippen LogP contribution in [0.25, 0.3) is 11.1 Å². The van der Waals surface area contributed by atoms with Gasteiger partial charge in [-0.15, -0.1) is 13.2 Å². The van der Waals surface area contributed by atoms with Gasteiger partial charge in [-0.25, -0.2) is 4.98 Å². The zero-order valence-corrected chi connectivity index (χ0v) is 9.82. The lowest BCUT2D eigenvalue weighted by Gasteiger charge is -2.10. The van der Waals surface area contributed by atoms with Gasteiger partial charge in [-0.05, 0) is 23.8 Å². The zero-order chi connectivity index (χ0) is 14.8. The summed E-state index contributed by atoms with van der Waals surface area (Å²) in [5.74, 6) is -1.37. The van der Waals surface area contributed by atoms with Crippen LogP contribution < -0.4 is 4.74 Å². The van der Waals surface area contributed by atoms with Crippen LogP contribution in [0.15, 0.2) is 36.5 Å². The molecule has 1 heterocycles. The fraction of sp³-hybridized carbons (Fsp3) is 0.0769. The van der Waals surface area contributed by atoms with Crippen molar-refractivity contribution in [2.24, 2.45) is 0 Å². The van der Waals surface area contributed by atoms with Crippen LogP contribution in [-0.4, -0.2) is 17.6 Å². The van der Waals surface area contributed by atoms with Gasteiger partial charge in [0.2, 0.25) is 5.95 Å². The molecule has 2 rings (SSSR count). The minimum atomic E-state index is -4.83. The maximum absolute atomic E-state index is 13.6. The lowest BCUT2D eigenvalue weighted by molar-refractivity contribution is -0.274. The van der Waals surface area contributed by atoms with Crippen LogP contribution in [0.2, 0.25) is 0 Å². The van der Waals surface area contributed by atoms with Crippen LogP contribution >= 0.6 is 0 Å². The summed E-state index contributed by atoms with van der Waals surface area (Å²) in [5, 5.41) is 0. The number of halogens is 4. The molecule has 1 aromatic carbocycles. The van der Waals surface area contributed by atoms with E-state index in [-0.39, 0.29) is 16.7 Å². The van der Waals surface area contributed by atoms with E-state index in [1.54, 1.807) is 0 Å². The van der Waals surface area contributed by atoms with Gasteiger partial charge < -0.3 is 4.74 Å². The summed E-state index contributed by atoms with van der Waals surface area (Å²) in [7, 11) is 0. The Labute approximate surface area is 110 Å². The number of ether oxygens (including phenoxy) is 1. The second kappa shape index (κ2) is 5.28. The summed E-state index contributed by atoms with van der Waals surface area (Å²) in [6.45, 7) is 0. The Morgan fingerprint density at radius 3 is 2.60 bits per heavy atom. The predicted octanol–water partition coefficient (Wildman–Crippen LogP) is 3.60. The zero-order valence-electron chi connectivity index (χ0n) is 9.82. The molecule has 0 amide bonds. The van der Waals surface area contributed by atoms with Gasteiger partial charge in [0, 0.05) is 17.3 Å². The number of pyridine rings is 1. The molecule has 1 aromatic heterocycles. The van der Waals surface area contributed by atoms with Gasteiger partial charge in [-0.2, -0.15) is 4.39 Å². The quantitative estimate of drug-likeness (QED) is 0.491. The van der Waals surface area contributed by atoms with Crippen molar-refractivity contribution in [3.05, 3.63) is 48.0 Å². The van der Waals surface area contributed by atoms with Gasteiger partial charge in [0.1, 0.15) is 5.75 Å². The minimum Gasteiger partial charge on any atom is -0.406 e. The Hall–Kier alpha value is -2.44. The van der Waals surface area contributed by atoms with Crippen LogP contribution in [-0.2, 0) is 0 Å². The Morgan fingerprint density at radius 1 is 1.20 bits per heavy atom. The molecule has 0 saturated carbocycles. The molecule has 0 saturated heterocycles. The van der Waals surface area contributed by atoms with Crippen molar-refractivity contribution in [1.82, 2.24) is 4.98 Å². The number of rotatable bonds is 3. The highest BCUT2D eigenvalue weighted by atomic mass is 19.4. The Bertz CT molecular complexity index is 641. The van der Waals surface area contributed by atoms with Crippen molar-refractivity contribution < 1.29 is 27.1 Å². The summed E-state index contributed by atoms with van der Waals surface area (Å²) < 4.78 is 53.7. The van der Waals surface area contributed by atoms with Crippen LogP contribution in [0.5, 0.6) is 5.75 Å². The van der Waals surface area contributed by atoms with E-state index in [1.807, 2.05) is 0 Å². The van der Waals surface area contributed by atoms with E-state index in [9.17, 15) is 22.4 Å². The summed E-state index contributed by atoms with van der Waals surface area (Å²) in [5.41, 5.74) is 0.159. The van der Waals surface area contributed by atoms with Crippen LogP contribution in [0.4, 0.5) is 17.6 Å². The monoisotopic (exact) mass is 285 g/mol. The van der Waals surface area contributed by atoms with Crippen LogP contribution in [0.1, 0.15) is 10.4 Å². The highest BCUT2D eigenvalue weighted by Gasteiger charge is 2.31. The van der Waals surface area contributed by atoms with Gasteiger partial charge in [-0.1, -0.05) is 12.1 Å². The largest absolute Gasteiger partial charge is 0.573 e. The first-order chi connectivity index (χ1) is 9.39. The average Bonchev–Trinajstić information content (AvgIpc) is 2.37. The minimum absolute atomic E-state index is 0.0813. The van der Waals surface area contributed by atoms with Crippen molar-refractivity contribution >= 4 is 6.29 Å². The lowest BCUT2D eigenvalue weighted by Crippen LogP contribution is -2.17. The summed E-state index contributed by atoms with van der Waals surface area (Å²) in [6, 6.07) is 5.97. The van der Waals surface area contributed by atoms with E-state index in [0.29, 0.717) is 6.29 Å². The SMILES string of the molecule is O=Cc1cnc(F)c(-c2cccc(OC(F)(F)F)c2)c1. The second-order valence-corrected chi connectivity index (χ2v) is 3.80. The van der Waals surface area contributed by atoms with E-state index < -0.39 is 18.1 Å². The molecule has 3 nitrogen and oxygen atoms in total. The van der Waals surface area contributed by atoms with Gasteiger partial charge >= 0.3 is 6.36 Å². The first-order valence-corrected chi connectivity index (χ1v) is 5.36. The number of benzene rings is 1. The van der Waals surface area contributed by atoms with Crippen molar-refractivity contribution in [2.75, 3.05) is 0 Å². The third-order valence-electron chi connectivity index (χ3n) is 2.37. The summed E-state index contributed by atoms with van der Waals surface area (Å²) in [4.78, 5) is 14.0. The van der Waals surface area contributed by atoms with E-state index in [1.165, 1.54) is 18.2 Å². The molecule has 20 heavy (non-hydrogen) atoms. The number of hydrogen-bond acceptors (Lipinski definition) is 3. The number of carbonyl (C=O) groups excluding carboxylic acids is 1. The van der Waals surface area contributed by atoms with Gasteiger partial charge in [-0.3, -0.25) is 4.79 Å². The van der Waals surface area contributed by atoms with E-state index >= 15 is 0 Å². The smallest absolute Gasteiger partial charge is 0.406 e. The molecule has 0 aliphatic rings. The molecule has 0 fully saturated rings. The summed E-state index contributed by atoms with van der Waals surface area (Å²) in [6.07, 6.45) is -3.34. The van der Waals surface area contributed by atoms with Crippen molar-refractivity contribution in [2.45, 2.75) is 6.36 Å². The Kier molecular flexibility index (Phi) is 3.69. The van der Waals surface area contributed by atoms with Gasteiger partial charge in [0.05, 0.1) is 0 Å². The predicted molar refractivity (Wildman–Crippen MR) is 61.7 cm³/mol. The molecule has 0 spiro atoms. The third-order valence-corrected chi connectivity index (χ3v) is 2.37. The Morgan fingerprint density at radius 2 is 1.95 bits per heavy atom. The van der Waals surface area contributed by atoms with E-state index in [2.05, 4.69) is 9.72 Å². The average molecular weight is 285 g/mol. The molecule has 0 aliphatic carbocycles. The van der Waals surface area contributed by atoms with E-state index in [4.69, 9.17) is 0 Å². The molecular weight excluding hydrogens is 278 g/mol. The Balaban J connectivity index is 2.43. The molecule has 0 N–H and O–H groups in total. The molecule has 0 unspecified atom stereocenters. The second-order valence-electron chi connectivity index (χ2n) is 3.80. The molecule has 0 atom stereocenters. The molecule has 0 aliphatic heterocycles. The number of aromatic nitrogens is 1. The number of hydrogen-bond donors (Lipinski definition) is 0. The molecule has 2 aromatic rings. The number of aldehydes is 1. The third kappa shape index (κ3) is 3.31. The molecular formula is C13H7F4NO2. The maximum Gasteiger partial charge on any atom is 0.573 e. The molecule has 0 bridgehead atoms. The standard InChI is InChI=1S/C13H7F4NO2/c14-12-11(4-8(7-19)6-18-12)9-2-1-3-10(5-9)20-13(15,16)17/h1-7H. The topological polar surface area (TPSA) is 39.2 Å². The molecule has 104 valence electrons. The van der Waals surface area contributed by atoms with Crippen molar-refractivity contribution in [3.63, 3.8) is 0 Å². The number of carbonyl (C=O) groups is 1.